The van der Waals surface area contributed by atoms with Gasteiger partial charge in [0, 0.05) is 11.6 Å². The molecule has 0 aliphatic carbocycles. The lowest BCUT2D eigenvalue weighted by atomic mass is 10.1. The molecular formula is C16H14N4O2S. The Morgan fingerprint density at radius 3 is 2.57 bits per heavy atom. The van der Waals surface area contributed by atoms with Crippen LogP contribution in [0.4, 0.5) is 5.13 Å². The fourth-order valence-corrected chi connectivity index (χ4v) is 2.87. The lowest BCUT2D eigenvalue weighted by molar-refractivity contribution is -0.112. The number of thiazole rings is 1. The Hall–Kier alpha value is -2.80. The van der Waals surface area contributed by atoms with E-state index < -0.39 is 11.7 Å². The number of carbonyl (C=O) groups excluding carboxylic acids is 2. The van der Waals surface area contributed by atoms with E-state index >= 15 is 0 Å². The molecule has 0 unspecified atom stereocenters. The maximum atomic E-state index is 12.5. The number of aryl methyl sites for hydroxylation is 1. The number of hydrogen-bond donors (Lipinski definition) is 1. The van der Waals surface area contributed by atoms with Crippen LogP contribution in [0.15, 0.2) is 41.9 Å². The average Bonchev–Trinajstić information content (AvgIpc) is 3.15. The topological polar surface area (TPSA) is 76.9 Å². The quantitative estimate of drug-likeness (QED) is 0.591. The minimum atomic E-state index is -0.709. The van der Waals surface area contributed by atoms with Crippen LogP contribution in [0.1, 0.15) is 21.7 Å². The molecular weight excluding hydrogens is 312 g/mol. The monoisotopic (exact) mass is 326 g/mol. The molecule has 3 aromatic rings. The van der Waals surface area contributed by atoms with Gasteiger partial charge in [-0.25, -0.2) is 9.67 Å². The highest BCUT2D eigenvalue weighted by molar-refractivity contribution is 7.13. The van der Waals surface area contributed by atoms with Gasteiger partial charge in [-0.2, -0.15) is 5.10 Å². The molecule has 0 radical (unpaired) electrons. The van der Waals surface area contributed by atoms with E-state index in [9.17, 15) is 9.59 Å². The van der Waals surface area contributed by atoms with Crippen LogP contribution >= 0.6 is 11.3 Å². The third kappa shape index (κ3) is 2.91. The van der Waals surface area contributed by atoms with Crippen molar-refractivity contribution in [1.29, 1.82) is 0 Å². The first-order valence-corrected chi connectivity index (χ1v) is 7.82. The average molecular weight is 326 g/mol. The van der Waals surface area contributed by atoms with Crippen LogP contribution in [0, 0.1) is 13.8 Å². The second-order valence-electron chi connectivity index (χ2n) is 4.91. The number of aromatic nitrogens is 3. The smallest absolute Gasteiger partial charge is 0.295 e. The van der Waals surface area contributed by atoms with E-state index in [1.807, 2.05) is 30.3 Å². The first kappa shape index (κ1) is 15.1. The van der Waals surface area contributed by atoms with Gasteiger partial charge in [-0.1, -0.05) is 18.2 Å². The molecule has 0 fully saturated rings. The SMILES string of the molecule is Cc1nn(-c2ccccc2)c(C)c1C(=O)C(=O)Nc1nccs1. The van der Waals surface area contributed by atoms with Crippen LogP contribution in [-0.2, 0) is 4.79 Å². The summed E-state index contributed by atoms with van der Waals surface area (Å²) in [6.07, 6.45) is 1.56. The van der Waals surface area contributed by atoms with Crippen molar-refractivity contribution in [3.8, 4) is 5.69 Å². The number of benzene rings is 1. The van der Waals surface area contributed by atoms with Crippen LogP contribution in [0.3, 0.4) is 0 Å². The number of carbonyl (C=O) groups is 2. The molecule has 1 amide bonds. The molecule has 7 heteroatoms. The first-order chi connectivity index (χ1) is 11.1. The number of nitrogens with zero attached hydrogens (tertiary/aromatic N) is 3. The van der Waals surface area contributed by atoms with Crippen LogP contribution in [0.5, 0.6) is 0 Å². The second kappa shape index (κ2) is 6.13. The molecule has 23 heavy (non-hydrogen) atoms. The van der Waals surface area contributed by atoms with E-state index in [0.29, 0.717) is 22.1 Å². The van der Waals surface area contributed by atoms with Crippen LogP contribution in [-0.4, -0.2) is 26.5 Å². The molecule has 1 N–H and O–H groups in total. The van der Waals surface area contributed by atoms with Crippen LogP contribution < -0.4 is 5.32 Å². The Morgan fingerprint density at radius 2 is 1.91 bits per heavy atom. The van der Waals surface area contributed by atoms with Gasteiger partial charge in [-0.3, -0.25) is 14.9 Å². The minimum Gasteiger partial charge on any atom is -0.295 e. The Labute approximate surface area is 136 Å². The van der Waals surface area contributed by atoms with Crippen molar-refractivity contribution in [3.63, 3.8) is 0 Å². The van der Waals surface area contributed by atoms with E-state index in [-0.39, 0.29) is 0 Å². The van der Waals surface area contributed by atoms with Crippen LogP contribution in [0.2, 0.25) is 0 Å². The normalized spacial score (nSPS) is 10.5. The number of rotatable bonds is 4. The van der Waals surface area contributed by atoms with Crippen molar-refractivity contribution in [3.05, 3.63) is 58.9 Å². The summed E-state index contributed by atoms with van der Waals surface area (Å²) in [7, 11) is 0. The van der Waals surface area contributed by atoms with Crippen molar-refractivity contribution in [1.82, 2.24) is 14.8 Å². The molecule has 0 atom stereocenters. The lowest BCUT2D eigenvalue weighted by Crippen LogP contribution is -2.23. The molecule has 0 saturated carbocycles. The van der Waals surface area contributed by atoms with Crippen molar-refractivity contribution >= 4 is 28.2 Å². The third-order valence-corrected chi connectivity index (χ3v) is 4.07. The maximum Gasteiger partial charge on any atom is 0.298 e. The van der Waals surface area contributed by atoms with E-state index in [1.165, 1.54) is 11.3 Å². The molecule has 2 aromatic heterocycles. The number of ketones is 1. The minimum absolute atomic E-state index is 0.322. The Kier molecular flexibility index (Phi) is 4.03. The molecule has 2 heterocycles. The molecule has 1 aromatic carbocycles. The van der Waals surface area contributed by atoms with Gasteiger partial charge in [0.15, 0.2) is 5.13 Å². The van der Waals surface area contributed by atoms with Gasteiger partial charge in [0.2, 0.25) is 0 Å². The van der Waals surface area contributed by atoms with E-state index in [1.54, 1.807) is 30.1 Å². The highest BCUT2D eigenvalue weighted by Crippen LogP contribution is 2.19. The maximum absolute atomic E-state index is 12.5. The van der Waals surface area contributed by atoms with Gasteiger partial charge in [0.25, 0.3) is 11.7 Å². The molecule has 6 nitrogen and oxygen atoms in total. The van der Waals surface area contributed by atoms with Crippen molar-refractivity contribution in [2.24, 2.45) is 0 Å². The van der Waals surface area contributed by atoms with Gasteiger partial charge in [0.1, 0.15) is 0 Å². The van der Waals surface area contributed by atoms with E-state index in [4.69, 9.17) is 0 Å². The van der Waals surface area contributed by atoms with Gasteiger partial charge in [0.05, 0.1) is 22.6 Å². The summed E-state index contributed by atoms with van der Waals surface area (Å²) in [6, 6.07) is 9.47. The van der Waals surface area contributed by atoms with Crippen molar-refractivity contribution in [2.45, 2.75) is 13.8 Å². The Balaban J connectivity index is 1.92. The fraction of sp³-hybridized carbons (Fsp3) is 0.125. The second-order valence-corrected chi connectivity index (χ2v) is 5.81. The van der Waals surface area contributed by atoms with Gasteiger partial charge in [-0.05, 0) is 26.0 Å². The summed E-state index contributed by atoms with van der Waals surface area (Å²) in [5.74, 6) is -1.32. The summed E-state index contributed by atoms with van der Waals surface area (Å²) >= 11 is 1.26. The highest BCUT2D eigenvalue weighted by Gasteiger charge is 2.25. The molecule has 0 spiro atoms. The zero-order valence-electron chi connectivity index (χ0n) is 12.6. The highest BCUT2D eigenvalue weighted by atomic mass is 32.1. The predicted molar refractivity (Wildman–Crippen MR) is 88.1 cm³/mol. The third-order valence-electron chi connectivity index (χ3n) is 3.38. The number of Topliss-reactive ketones (excluding diaryl/α,β-unsaturated/α-hetero) is 1. The molecule has 3 rings (SSSR count). The fourth-order valence-electron chi connectivity index (χ4n) is 2.34. The molecule has 0 saturated heterocycles. The summed E-state index contributed by atoms with van der Waals surface area (Å²) in [6.45, 7) is 3.49. The standard InChI is InChI=1S/C16H14N4O2S/c1-10-13(14(21)15(22)18-16-17-8-9-23-16)11(2)20(19-10)12-6-4-3-5-7-12/h3-9H,1-2H3,(H,17,18,22). The molecule has 0 bridgehead atoms. The summed E-state index contributed by atoms with van der Waals surface area (Å²) in [4.78, 5) is 28.5. The number of anilines is 1. The van der Waals surface area contributed by atoms with Crippen molar-refractivity contribution < 1.29 is 9.59 Å². The number of hydrogen-bond acceptors (Lipinski definition) is 5. The Bertz CT molecular complexity index is 854. The van der Waals surface area contributed by atoms with E-state index in [0.717, 1.165) is 5.69 Å². The number of para-hydroxylation sites is 1. The predicted octanol–water partition coefficient (Wildman–Crippen LogP) is 2.77. The number of nitrogens with one attached hydrogen (secondary N) is 1. The number of amides is 1. The summed E-state index contributed by atoms with van der Waals surface area (Å²) in [5.41, 5.74) is 2.31. The zero-order valence-corrected chi connectivity index (χ0v) is 13.4. The zero-order chi connectivity index (χ0) is 16.4. The molecule has 116 valence electrons. The summed E-state index contributed by atoms with van der Waals surface area (Å²) < 4.78 is 1.67. The van der Waals surface area contributed by atoms with Crippen molar-refractivity contribution in [2.75, 3.05) is 5.32 Å². The molecule has 0 aliphatic heterocycles. The van der Waals surface area contributed by atoms with Crippen LogP contribution in [0.25, 0.3) is 5.69 Å². The largest absolute Gasteiger partial charge is 0.298 e. The van der Waals surface area contributed by atoms with Gasteiger partial charge < -0.3 is 0 Å². The van der Waals surface area contributed by atoms with Gasteiger partial charge >= 0.3 is 0 Å². The van der Waals surface area contributed by atoms with E-state index in [2.05, 4.69) is 15.4 Å². The Morgan fingerprint density at radius 1 is 1.17 bits per heavy atom. The summed E-state index contributed by atoms with van der Waals surface area (Å²) in [5, 5.41) is 9.01. The van der Waals surface area contributed by atoms with Gasteiger partial charge in [-0.15, -0.1) is 11.3 Å². The first-order valence-electron chi connectivity index (χ1n) is 6.94. The lowest BCUT2D eigenvalue weighted by Gasteiger charge is -2.05. The molecule has 0 aliphatic rings.